The van der Waals surface area contributed by atoms with Crippen LogP contribution in [0.15, 0.2) is 71.5 Å². The summed E-state index contributed by atoms with van der Waals surface area (Å²) in [6.45, 7) is 0. The van der Waals surface area contributed by atoms with Gasteiger partial charge in [-0.15, -0.1) is 0 Å². The summed E-state index contributed by atoms with van der Waals surface area (Å²) < 4.78 is 1.08. The van der Waals surface area contributed by atoms with Crippen LogP contribution in [0.4, 0.5) is 0 Å². The second-order valence-electron chi connectivity index (χ2n) is 4.16. The standard InChI is InChI=1S/C16H11BrN2/c17-15-4-1-3-14(11-15)12-5-7-13(8-6-12)16-18-9-2-10-19-16/h1-11H. The van der Waals surface area contributed by atoms with Crippen LogP contribution in [0.25, 0.3) is 22.5 Å². The Morgan fingerprint density at radius 3 is 2.05 bits per heavy atom. The summed E-state index contributed by atoms with van der Waals surface area (Å²) >= 11 is 3.49. The molecule has 0 aliphatic rings. The van der Waals surface area contributed by atoms with Gasteiger partial charge in [0.2, 0.25) is 0 Å². The Hall–Kier alpha value is -2.00. The summed E-state index contributed by atoms with van der Waals surface area (Å²) in [5.41, 5.74) is 3.40. The molecule has 0 saturated heterocycles. The van der Waals surface area contributed by atoms with Crippen LogP contribution in [0.2, 0.25) is 0 Å². The molecule has 0 saturated carbocycles. The van der Waals surface area contributed by atoms with Gasteiger partial charge in [0.15, 0.2) is 5.82 Å². The van der Waals surface area contributed by atoms with E-state index in [1.165, 1.54) is 11.1 Å². The molecule has 3 rings (SSSR count). The zero-order valence-corrected chi connectivity index (χ0v) is 11.7. The topological polar surface area (TPSA) is 25.8 Å². The van der Waals surface area contributed by atoms with E-state index in [0.29, 0.717) is 0 Å². The molecule has 1 aromatic heterocycles. The minimum Gasteiger partial charge on any atom is -0.237 e. The van der Waals surface area contributed by atoms with Crippen LogP contribution in [0.1, 0.15) is 0 Å². The van der Waals surface area contributed by atoms with Gasteiger partial charge in [-0.25, -0.2) is 9.97 Å². The van der Waals surface area contributed by atoms with Crippen LogP contribution in [-0.4, -0.2) is 9.97 Å². The predicted molar refractivity (Wildman–Crippen MR) is 80.6 cm³/mol. The van der Waals surface area contributed by atoms with E-state index in [0.717, 1.165) is 15.9 Å². The smallest absolute Gasteiger partial charge is 0.159 e. The van der Waals surface area contributed by atoms with Gasteiger partial charge in [0.05, 0.1) is 0 Å². The molecule has 2 aromatic carbocycles. The molecule has 0 spiro atoms. The molecule has 0 unspecified atom stereocenters. The highest BCUT2D eigenvalue weighted by Crippen LogP contribution is 2.25. The van der Waals surface area contributed by atoms with Crippen molar-refractivity contribution < 1.29 is 0 Å². The van der Waals surface area contributed by atoms with E-state index < -0.39 is 0 Å². The molecule has 0 radical (unpaired) electrons. The van der Waals surface area contributed by atoms with Crippen molar-refractivity contribution in [1.82, 2.24) is 9.97 Å². The van der Waals surface area contributed by atoms with Gasteiger partial charge in [0.1, 0.15) is 0 Å². The SMILES string of the molecule is Brc1cccc(-c2ccc(-c3ncccn3)cc2)c1. The Balaban J connectivity index is 1.95. The van der Waals surface area contributed by atoms with Gasteiger partial charge < -0.3 is 0 Å². The van der Waals surface area contributed by atoms with Gasteiger partial charge in [0.25, 0.3) is 0 Å². The second-order valence-corrected chi connectivity index (χ2v) is 5.08. The van der Waals surface area contributed by atoms with E-state index in [1.807, 2.05) is 30.3 Å². The minimum atomic E-state index is 0.753. The first kappa shape index (κ1) is 12.1. The van der Waals surface area contributed by atoms with E-state index in [2.05, 4.69) is 50.2 Å². The highest BCUT2D eigenvalue weighted by molar-refractivity contribution is 9.10. The van der Waals surface area contributed by atoms with Crippen molar-refractivity contribution in [2.45, 2.75) is 0 Å². The third-order valence-electron chi connectivity index (χ3n) is 2.87. The molecule has 3 aromatic rings. The fourth-order valence-corrected chi connectivity index (χ4v) is 2.33. The molecule has 3 heteroatoms. The second kappa shape index (κ2) is 5.33. The molecule has 2 nitrogen and oxygen atoms in total. The molecule has 0 N–H and O–H groups in total. The zero-order valence-electron chi connectivity index (χ0n) is 10.1. The lowest BCUT2D eigenvalue weighted by Crippen LogP contribution is -1.86. The van der Waals surface area contributed by atoms with Gasteiger partial charge >= 0.3 is 0 Å². The van der Waals surface area contributed by atoms with Crippen molar-refractivity contribution in [3.05, 3.63) is 71.5 Å². The molecule has 0 fully saturated rings. The molecule has 0 atom stereocenters. The van der Waals surface area contributed by atoms with Crippen LogP contribution < -0.4 is 0 Å². The third-order valence-corrected chi connectivity index (χ3v) is 3.36. The lowest BCUT2D eigenvalue weighted by atomic mass is 10.0. The Labute approximate surface area is 120 Å². The number of benzene rings is 2. The molecule has 19 heavy (non-hydrogen) atoms. The van der Waals surface area contributed by atoms with Crippen LogP contribution >= 0.6 is 15.9 Å². The lowest BCUT2D eigenvalue weighted by Gasteiger charge is -2.04. The van der Waals surface area contributed by atoms with E-state index in [9.17, 15) is 0 Å². The summed E-state index contributed by atoms with van der Waals surface area (Å²) in [7, 11) is 0. The molecular formula is C16H11BrN2. The Kier molecular flexibility index (Phi) is 3.38. The maximum atomic E-state index is 4.25. The highest BCUT2D eigenvalue weighted by Gasteiger charge is 2.02. The van der Waals surface area contributed by atoms with Crippen molar-refractivity contribution in [3.8, 4) is 22.5 Å². The predicted octanol–water partition coefficient (Wildman–Crippen LogP) is 4.57. The molecule has 0 aliphatic carbocycles. The number of aromatic nitrogens is 2. The number of halogens is 1. The first-order chi connectivity index (χ1) is 9.33. The summed E-state index contributed by atoms with van der Waals surface area (Å²) in [6.07, 6.45) is 3.51. The van der Waals surface area contributed by atoms with Gasteiger partial charge in [-0.2, -0.15) is 0 Å². The van der Waals surface area contributed by atoms with Crippen molar-refractivity contribution in [2.24, 2.45) is 0 Å². The van der Waals surface area contributed by atoms with Crippen LogP contribution in [0.5, 0.6) is 0 Å². The highest BCUT2D eigenvalue weighted by atomic mass is 79.9. The van der Waals surface area contributed by atoms with E-state index >= 15 is 0 Å². The third kappa shape index (κ3) is 2.71. The Bertz CT molecular complexity index is 679. The number of hydrogen-bond acceptors (Lipinski definition) is 2. The van der Waals surface area contributed by atoms with Gasteiger partial charge in [-0.1, -0.05) is 52.3 Å². The van der Waals surface area contributed by atoms with E-state index in [4.69, 9.17) is 0 Å². The molecule has 92 valence electrons. The molecule has 0 amide bonds. The lowest BCUT2D eigenvalue weighted by molar-refractivity contribution is 1.18. The maximum Gasteiger partial charge on any atom is 0.159 e. The minimum absolute atomic E-state index is 0.753. The summed E-state index contributed by atoms with van der Waals surface area (Å²) in [5.74, 6) is 0.753. The fourth-order valence-electron chi connectivity index (χ4n) is 1.93. The van der Waals surface area contributed by atoms with Gasteiger partial charge in [-0.3, -0.25) is 0 Å². The summed E-state index contributed by atoms with van der Waals surface area (Å²) in [5, 5.41) is 0. The Morgan fingerprint density at radius 2 is 1.37 bits per heavy atom. The number of hydrogen-bond donors (Lipinski definition) is 0. The first-order valence-electron chi connectivity index (χ1n) is 5.96. The van der Waals surface area contributed by atoms with E-state index in [1.54, 1.807) is 12.4 Å². The van der Waals surface area contributed by atoms with Crippen LogP contribution in [0, 0.1) is 0 Å². The van der Waals surface area contributed by atoms with Crippen LogP contribution in [0.3, 0.4) is 0 Å². The normalized spacial score (nSPS) is 10.4. The van der Waals surface area contributed by atoms with E-state index in [-0.39, 0.29) is 0 Å². The Morgan fingerprint density at radius 1 is 0.684 bits per heavy atom. The summed E-state index contributed by atoms with van der Waals surface area (Å²) in [4.78, 5) is 8.49. The maximum absolute atomic E-state index is 4.25. The van der Waals surface area contributed by atoms with Gasteiger partial charge in [0, 0.05) is 22.4 Å². The quantitative estimate of drug-likeness (QED) is 0.692. The molecule has 0 bridgehead atoms. The van der Waals surface area contributed by atoms with Gasteiger partial charge in [-0.05, 0) is 29.3 Å². The molecule has 0 aliphatic heterocycles. The van der Waals surface area contributed by atoms with Crippen molar-refractivity contribution in [1.29, 1.82) is 0 Å². The van der Waals surface area contributed by atoms with Crippen molar-refractivity contribution in [3.63, 3.8) is 0 Å². The average Bonchev–Trinajstić information content (AvgIpc) is 2.48. The largest absolute Gasteiger partial charge is 0.237 e. The number of rotatable bonds is 2. The molecule has 1 heterocycles. The van der Waals surface area contributed by atoms with Crippen molar-refractivity contribution in [2.75, 3.05) is 0 Å². The first-order valence-corrected chi connectivity index (χ1v) is 6.75. The monoisotopic (exact) mass is 310 g/mol. The fraction of sp³-hybridized carbons (Fsp3) is 0. The molecular weight excluding hydrogens is 300 g/mol. The zero-order chi connectivity index (χ0) is 13.1. The summed E-state index contributed by atoms with van der Waals surface area (Å²) in [6, 6.07) is 18.4. The van der Waals surface area contributed by atoms with Crippen LogP contribution in [-0.2, 0) is 0 Å². The number of nitrogens with zero attached hydrogens (tertiary/aromatic N) is 2. The van der Waals surface area contributed by atoms with Crippen molar-refractivity contribution >= 4 is 15.9 Å². The average molecular weight is 311 g/mol.